The SMILES string of the molecule is CC(C)c1ccccc1NC1SCC(=O)N1N. The van der Waals surface area contributed by atoms with E-state index in [1.807, 2.05) is 18.2 Å². The molecule has 4 nitrogen and oxygen atoms in total. The Bertz CT molecular complexity index is 422. The minimum atomic E-state index is -0.164. The van der Waals surface area contributed by atoms with Crippen LogP contribution in [-0.4, -0.2) is 22.2 Å². The molecule has 2 rings (SSSR count). The molecule has 1 saturated heterocycles. The Morgan fingerprint density at radius 3 is 2.76 bits per heavy atom. The number of nitrogens with two attached hydrogens (primary N) is 1. The highest BCUT2D eigenvalue weighted by molar-refractivity contribution is 8.01. The van der Waals surface area contributed by atoms with Crippen LogP contribution in [0.25, 0.3) is 0 Å². The number of hydrogen-bond donors (Lipinski definition) is 2. The molecule has 1 heterocycles. The van der Waals surface area contributed by atoms with Gasteiger partial charge in [-0.25, -0.2) is 10.9 Å². The number of amides is 1. The van der Waals surface area contributed by atoms with Gasteiger partial charge in [0.2, 0.25) is 5.91 Å². The molecule has 1 aromatic carbocycles. The first-order valence-corrected chi connectivity index (χ1v) is 6.68. The molecule has 1 aromatic rings. The van der Waals surface area contributed by atoms with Crippen LogP contribution in [0.1, 0.15) is 25.3 Å². The number of hydrogen-bond acceptors (Lipinski definition) is 4. The van der Waals surface area contributed by atoms with E-state index in [2.05, 4.69) is 25.2 Å². The van der Waals surface area contributed by atoms with Crippen LogP contribution in [-0.2, 0) is 4.79 Å². The molecule has 1 aliphatic rings. The third-order valence-corrected chi connectivity index (χ3v) is 3.84. The molecule has 1 unspecified atom stereocenters. The lowest BCUT2D eigenvalue weighted by Gasteiger charge is -2.23. The molecule has 1 atom stereocenters. The molecule has 0 radical (unpaired) electrons. The highest BCUT2D eigenvalue weighted by atomic mass is 32.2. The van der Waals surface area contributed by atoms with Crippen molar-refractivity contribution in [2.45, 2.75) is 25.3 Å². The van der Waals surface area contributed by atoms with Gasteiger partial charge in [-0.1, -0.05) is 32.0 Å². The molecule has 17 heavy (non-hydrogen) atoms. The first kappa shape index (κ1) is 12.3. The predicted molar refractivity (Wildman–Crippen MR) is 71.4 cm³/mol. The van der Waals surface area contributed by atoms with E-state index in [4.69, 9.17) is 5.84 Å². The summed E-state index contributed by atoms with van der Waals surface area (Å²) in [6.07, 6.45) is 0. The fraction of sp³-hybridized carbons (Fsp3) is 0.417. The molecule has 0 aliphatic carbocycles. The Hall–Kier alpha value is -1.20. The number of carbonyl (C=O) groups excluding carboxylic acids is 1. The number of rotatable bonds is 3. The smallest absolute Gasteiger partial charge is 0.249 e. The van der Waals surface area contributed by atoms with Gasteiger partial charge in [0, 0.05) is 5.69 Å². The predicted octanol–water partition coefficient (Wildman–Crippen LogP) is 1.95. The monoisotopic (exact) mass is 251 g/mol. The van der Waals surface area contributed by atoms with Gasteiger partial charge in [-0.3, -0.25) is 4.79 Å². The quantitative estimate of drug-likeness (QED) is 0.637. The van der Waals surface area contributed by atoms with E-state index in [0.717, 1.165) is 5.69 Å². The average Bonchev–Trinajstić information content (AvgIpc) is 2.61. The third-order valence-electron chi connectivity index (χ3n) is 2.77. The Kier molecular flexibility index (Phi) is 3.59. The highest BCUT2D eigenvalue weighted by Crippen LogP contribution is 2.28. The van der Waals surface area contributed by atoms with Crippen LogP contribution in [0.15, 0.2) is 24.3 Å². The highest BCUT2D eigenvalue weighted by Gasteiger charge is 2.29. The zero-order valence-corrected chi connectivity index (χ0v) is 10.8. The van der Waals surface area contributed by atoms with Gasteiger partial charge >= 0.3 is 0 Å². The molecule has 3 N–H and O–H groups in total. The number of carbonyl (C=O) groups is 1. The van der Waals surface area contributed by atoms with Crippen molar-refractivity contribution < 1.29 is 4.79 Å². The van der Waals surface area contributed by atoms with Crippen molar-refractivity contribution in [3.05, 3.63) is 29.8 Å². The number of benzene rings is 1. The second-order valence-electron chi connectivity index (χ2n) is 4.35. The molecule has 1 fully saturated rings. The minimum Gasteiger partial charge on any atom is -0.355 e. The van der Waals surface area contributed by atoms with Crippen LogP contribution in [0.5, 0.6) is 0 Å². The second-order valence-corrected chi connectivity index (χ2v) is 5.42. The first-order chi connectivity index (χ1) is 8.09. The summed E-state index contributed by atoms with van der Waals surface area (Å²) in [6.45, 7) is 4.29. The lowest BCUT2D eigenvalue weighted by Crippen LogP contribution is -2.42. The topological polar surface area (TPSA) is 58.4 Å². The van der Waals surface area contributed by atoms with Crippen LogP contribution >= 0.6 is 11.8 Å². The van der Waals surface area contributed by atoms with Crippen molar-refractivity contribution >= 4 is 23.4 Å². The molecular formula is C12H17N3OS. The van der Waals surface area contributed by atoms with E-state index in [-0.39, 0.29) is 11.4 Å². The maximum absolute atomic E-state index is 11.3. The van der Waals surface area contributed by atoms with Crippen molar-refractivity contribution in [1.82, 2.24) is 5.01 Å². The second kappa shape index (κ2) is 4.98. The summed E-state index contributed by atoms with van der Waals surface area (Å²) in [5.74, 6) is 6.54. The lowest BCUT2D eigenvalue weighted by molar-refractivity contribution is -0.127. The van der Waals surface area contributed by atoms with Crippen LogP contribution in [0, 0.1) is 0 Å². The van der Waals surface area contributed by atoms with Gasteiger partial charge in [-0.05, 0) is 17.5 Å². The summed E-state index contributed by atoms with van der Waals surface area (Å²) in [7, 11) is 0. The molecule has 1 amide bonds. The number of nitrogens with zero attached hydrogens (tertiary/aromatic N) is 1. The number of anilines is 1. The van der Waals surface area contributed by atoms with Gasteiger partial charge in [0.25, 0.3) is 0 Å². The van der Waals surface area contributed by atoms with Crippen molar-refractivity contribution in [2.75, 3.05) is 11.1 Å². The van der Waals surface area contributed by atoms with Crippen molar-refractivity contribution in [1.29, 1.82) is 0 Å². The number of nitrogens with one attached hydrogen (secondary N) is 1. The Morgan fingerprint density at radius 1 is 1.47 bits per heavy atom. The van der Waals surface area contributed by atoms with Gasteiger partial charge in [0.1, 0.15) is 0 Å². The zero-order chi connectivity index (χ0) is 12.4. The van der Waals surface area contributed by atoms with E-state index >= 15 is 0 Å². The molecule has 5 heteroatoms. The van der Waals surface area contributed by atoms with E-state index in [1.165, 1.54) is 22.3 Å². The summed E-state index contributed by atoms with van der Waals surface area (Å²) >= 11 is 1.51. The molecular weight excluding hydrogens is 234 g/mol. The van der Waals surface area contributed by atoms with Gasteiger partial charge in [0.15, 0.2) is 5.50 Å². The summed E-state index contributed by atoms with van der Waals surface area (Å²) in [6, 6.07) is 8.12. The molecule has 0 spiro atoms. The van der Waals surface area contributed by atoms with Crippen LogP contribution in [0.3, 0.4) is 0 Å². The van der Waals surface area contributed by atoms with Gasteiger partial charge in [0.05, 0.1) is 5.75 Å². The molecule has 0 aromatic heterocycles. The average molecular weight is 251 g/mol. The summed E-state index contributed by atoms with van der Waals surface area (Å²) in [4.78, 5) is 11.3. The lowest BCUT2D eigenvalue weighted by atomic mass is 10.0. The van der Waals surface area contributed by atoms with E-state index in [0.29, 0.717) is 11.7 Å². The fourth-order valence-electron chi connectivity index (χ4n) is 1.81. The van der Waals surface area contributed by atoms with E-state index in [1.54, 1.807) is 0 Å². The Labute approximate surface area is 106 Å². The van der Waals surface area contributed by atoms with Gasteiger partial charge in [-0.2, -0.15) is 0 Å². The van der Waals surface area contributed by atoms with Crippen molar-refractivity contribution in [2.24, 2.45) is 5.84 Å². The summed E-state index contributed by atoms with van der Waals surface area (Å²) < 4.78 is 0. The maximum Gasteiger partial charge on any atom is 0.249 e. The summed E-state index contributed by atoms with van der Waals surface area (Å²) in [5, 5.41) is 4.58. The Morgan fingerprint density at radius 2 is 2.18 bits per heavy atom. The normalized spacial score (nSPS) is 20.1. The molecule has 0 bridgehead atoms. The standard InChI is InChI=1S/C12H17N3OS/c1-8(2)9-5-3-4-6-10(9)14-12-15(13)11(16)7-17-12/h3-6,8,12,14H,7,13H2,1-2H3. The minimum absolute atomic E-state index is 0.0328. The van der Waals surface area contributed by atoms with Gasteiger partial charge < -0.3 is 5.32 Å². The maximum atomic E-state index is 11.3. The number of thioether (sulfide) groups is 1. The molecule has 92 valence electrons. The third kappa shape index (κ3) is 2.56. The van der Waals surface area contributed by atoms with E-state index < -0.39 is 0 Å². The number of hydrazine groups is 1. The van der Waals surface area contributed by atoms with E-state index in [9.17, 15) is 4.79 Å². The summed E-state index contributed by atoms with van der Waals surface area (Å²) in [5.41, 5.74) is 2.12. The largest absolute Gasteiger partial charge is 0.355 e. The fourth-order valence-corrected chi connectivity index (χ4v) is 2.75. The van der Waals surface area contributed by atoms with Crippen LogP contribution < -0.4 is 11.2 Å². The van der Waals surface area contributed by atoms with Crippen molar-refractivity contribution in [3.63, 3.8) is 0 Å². The first-order valence-electron chi connectivity index (χ1n) is 5.63. The zero-order valence-electron chi connectivity index (χ0n) is 10.0. The molecule has 1 aliphatic heterocycles. The van der Waals surface area contributed by atoms with Crippen molar-refractivity contribution in [3.8, 4) is 0 Å². The number of para-hydroxylation sites is 1. The van der Waals surface area contributed by atoms with Gasteiger partial charge in [-0.15, -0.1) is 11.8 Å². The van der Waals surface area contributed by atoms with Crippen LogP contribution in [0.4, 0.5) is 5.69 Å². The Balaban J connectivity index is 2.16. The molecule has 0 saturated carbocycles. The van der Waals surface area contributed by atoms with Crippen LogP contribution in [0.2, 0.25) is 0 Å².